The fourth-order valence-electron chi connectivity index (χ4n) is 4.16. The Morgan fingerprint density at radius 1 is 0.875 bits per heavy atom. The number of hydrogen-bond acceptors (Lipinski definition) is 5. The van der Waals surface area contributed by atoms with E-state index < -0.39 is 0 Å². The lowest BCUT2D eigenvalue weighted by molar-refractivity contribution is 0.0303. The molecule has 2 heterocycles. The number of hydrogen-bond donors (Lipinski definition) is 0. The maximum atomic E-state index is 12.9. The van der Waals surface area contributed by atoms with Crippen LogP contribution in [0.25, 0.3) is 0 Å². The number of morpholine rings is 1. The molecule has 0 unspecified atom stereocenters. The number of rotatable bonds is 6. The lowest BCUT2D eigenvalue weighted by Crippen LogP contribution is -2.41. The van der Waals surface area contributed by atoms with Crippen LogP contribution in [-0.2, 0) is 4.74 Å². The SMILES string of the molecule is COc1ccc(C(=O)N2CCC[C@@H](COc3ccc(C(=O)N4CCOCC4)cc3)C2)cc1. The van der Waals surface area contributed by atoms with Gasteiger partial charge in [0, 0.05) is 43.2 Å². The minimum Gasteiger partial charge on any atom is -0.497 e. The first-order chi connectivity index (χ1) is 15.6. The van der Waals surface area contributed by atoms with Crippen molar-refractivity contribution in [2.75, 3.05) is 53.1 Å². The molecule has 0 aromatic heterocycles. The van der Waals surface area contributed by atoms with Crippen molar-refractivity contribution in [3.05, 3.63) is 59.7 Å². The Morgan fingerprint density at radius 3 is 2.09 bits per heavy atom. The third-order valence-electron chi connectivity index (χ3n) is 6.03. The first-order valence-electron chi connectivity index (χ1n) is 11.2. The van der Waals surface area contributed by atoms with Gasteiger partial charge in [-0.1, -0.05) is 0 Å². The lowest BCUT2D eigenvalue weighted by atomic mass is 9.98. The van der Waals surface area contributed by atoms with Crippen LogP contribution in [0.2, 0.25) is 0 Å². The second kappa shape index (κ2) is 10.5. The molecule has 0 aliphatic carbocycles. The van der Waals surface area contributed by atoms with E-state index in [2.05, 4.69) is 0 Å². The van der Waals surface area contributed by atoms with Gasteiger partial charge in [0.15, 0.2) is 0 Å². The summed E-state index contributed by atoms with van der Waals surface area (Å²) in [5.74, 6) is 1.83. The van der Waals surface area contributed by atoms with Crippen LogP contribution in [0.3, 0.4) is 0 Å². The number of carbonyl (C=O) groups is 2. The van der Waals surface area contributed by atoms with Crippen LogP contribution in [0, 0.1) is 5.92 Å². The molecule has 2 aliphatic rings. The number of methoxy groups -OCH3 is 1. The maximum Gasteiger partial charge on any atom is 0.254 e. The Labute approximate surface area is 188 Å². The van der Waals surface area contributed by atoms with Gasteiger partial charge in [0.1, 0.15) is 11.5 Å². The zero-order valence-electron chi connectivity index (χ0n) is 18.5. The number of likely N-dealkylation sites (tertiary alicyclic amines) is 1. The van der Waals surface area contributed by atoms with Crippen LogP contribution in [0.5, 0.6) is 11.5 Å². The van der Waals surface area contributed by atoms with Crippen molar-refractivity contribution >= 4 is 11.8 Å². The van der Waals surface area contributed by atoms with Crippen molar-refractivity contribution in [2.45, 2.75) is 12.8 Å². The largest absolute Gasteiger partial charge is 0.497 e. The highest BCUT2D eigenvalue weighted by atomic mass is 16.5. The molecule has 7 nitrogen and oxygen atoms in total. The number of ether oxygens (including phenoxy) is 3. The van der Waals surface area contributed by atoms with E-state index in [0.717, 1.165) is 30.9 Å². The van der Waals surface area contributed by atoms with Crippen LogP contribution in [0.15, 0.2) is 48.5 Å². The first kappa shape index (κ1) is 22.1. The van der Waals surface area contributed by atoms with Crippen LogP contribution in [0.1, 0.15) is 33.6 Å². The molecular weight excluding hydrogens is 408 g/mol. The molecule has 0 bridgehead atoms. The summed E-state index contributed by atoms with van der Waals surface area (Å²) in [7, 11) is 1.61. The van der Waals surface area contributed by atoms with Crippen molar-refractivity contribution in [1.29, 1.82) is 0 Å². The fourth-order valence-corrected chi connectivity index (χ4v) is 4.16. The van der Waals surface area contributed by atoms with Crippen molar-refractivity contribution in [3.63, 3.8) is 0 Å². The number of carbonyl (C=O) groups excluding carboxylic acids is 2. The molecule has 2 saturated heterocycles. The van der Waals surface area contributed by atoms with E-state index in [1.807, 2.05) is 46.2 Å². The predicted molar refractivity (Wildman–Crippen MR) is 120 cm³/mol. The molecule has 170 valence electrons. The molecule has 0 spiro atoms. The summed E-state index contributed by atoms with van der Waals surface area (Å²) in [4.78, 5) is 29.1. The van der Waals surface area contributed by atoms with E-state index in [0.29, 0.717) is 50.6 Å². The molecule has 2 fully saturated rings. The molecule has 0 N–H and O–H groups in total. The monoisotopic (exact) mass is 438 g/mol. The van der Waals surface area contributed by atoms with Gasteiger partial charge in [-0.2, -0.15) is 0 Å². The minimum atomic E-state index is 0.0276. The Kier molecular flexibility index (Phi) is 7.27. The Morgan fingerprint density at radius 2 is 1.47 bits per heavy atom. The number of amides is 2. The minimum absolute atomic E-state index is 0.0276. The topological polar surface area (TPSA) is 68.3 Å². The summed E-state index contributed by atoms with van der Waals surface area (Å²) < 4.78 is 16.5. The quantitative estimate of drug-likeness (QED) is 0.693. The molecule has 2 aromatic carbocycles. The summed E-state index contributed by atoms with van der Waals surface area (Å²) in [6.45, 7) is 4.43. The summed E-state index contributed by atoms with van der Waals surface area (Å²) in [5.41, 5.74) is 1.33. The number of benzene rings is 2. The normalized spacial score (nSPS) is 18.8. The predicted octanol–water partition coefficient (Wildman–Crippen LogP) is 3.10. The highest BCUT2D eigenvalue weighted by Crippen LogP contribution is 2.22. The van der Waals surface area contributed by atoms with E-state index in [1.165, 1.54) is 0 Å². The molecule has 0 saturated carbocycles. The van der Waals surface area contributed by atoms with Crippen molar-refractivity contribution in [2.24, 2.45) is 5.92 Å². The molecule has 32 heavy (non-hydrogen) atoms. The maximum absolute atomic E-state index is 12.9. The Bertz CT molecular complexity index is 907. The van der Waals surface area contributed by atoms with Gasteiger partial charge in [0.05, 0.1) is 26.9 Å². The van der Waals surface area contributed by atoms with E-state index >= 15 is 0 Å². The molecule has 0 radical (unpaired) electrons. The zero-order chi connectivity index (χ0) is 22.3. The number of piperidine rings is 1. The van der Waals surface area contributed by atoms with Crippen molar-refractivity contribution in [1.82, 2.24) is 9.80 Å². The molecule has 2 aromatic rings. The molecular formula is C25H30N2O5. The Balaban J connectivity index is 1.28. The average Bonchev–Trinajstić information content (AvgIpc) is 2.87. The van der Waals surface area contributed by atoms with E-state index in [9.17, 15) is 9.59 Å². The molecule has 2 aliphatic heterocycles. The number of nitrogens with zero attached hydrogens (tertiary/aromatic N) is 2. The standard InChI is InChI=1S/C25H30N2O5/c1-30-22-8-4-21(5-9-22)25(29)27-12-2-3-19(17-27)18-32-23-10-6-20(7-11-23)24(28)26-13-15-31-16-14-26/h4-11,19H,2-3,12-18H2,1H3/t19-/m1/s1. The van der Waals surface area contributed by atoms with Gasteiger partial charge in [0.25, 0.3) is 11.8 Å². The summed E-state index contributed by atoms with van der Waals surface area (Å²) in [6, 6.07) is 14.5. The first-order valence-corrected chi connectivity index (χ1v) is 11.2. The van der Waals surface area contributed by atoms with Crippen LogP contribution < -0.4 is 9.47 Å². The summed E-state index contributed by atoms with van der Waals surface area (Å²) in [6.07, 6.45) is 1.99. The molecule has 7 heteroatoms. The van der Waals surface area contributed by atoms with Gasteiger partial charge in [-0.25, -0.2) is 0 Å². The van der Waals surface area contributed by atoms with Crippen LogP contribution in [0.4, 0.5) is 0 Å². The fraction of sp³-hybridized carbons (Fsp3) is 0.440. The third kappa shape index (κ3) is 5.40. The van der Waals surface area contributed by atoms with E-state index in [4.69, 9.17) is 14.2 Å². The van der Waals surface area contributed by atoms with Gasteiger partial charge in [-0.3, -0.25) is 9.59 Å². The summed E-state index contributed by atoms with van der Waals surface area (Å²) >= 11 is 0. The molecule has 4 rings (SSSR count). The second-order valence-corrected chi connectivity index (χ2v) is 8.23. The lowest BCUT2D eigenvalue weighted by Gasteiger charge is -2.32. The van der Waals surface area contributed by atoms with E-state index in [1.54, 1.807) is 19.2 Å². The van der Waals surface area contributed by atoms with Crippen LogP contribution in [-0.4, -0.2) is 74.7 Å². The summed E-state index contributed by atoms with van der Waals surface area (Å²) in [5, 5.41) is 0. The van der Waals surface area contributed by atoms with Gasteiger partial charge in [0.2, 0.25) is 0 Å². The molecule has 2 amide bonds. The second-order valence-electron chi connectivity index (χ2n) is 8.23. The highest BCUT2D eigenvalue weighted by Gasteiger charge is 2.25. The average molecular weight is 439 g/mol. The highest BCUT2D eigenvalue weighted by molar-refractivity contribution is 5.95. The van der Waals surface area contributed by atoms with Gasteiger partial charge in [-0.15, -0.1) is 0 Å². The Hall–Kier alpha value is -3.06. The van der Waals surface area contributed by atoms with Crippen molar-refractivity contribution < 1.29 is 23.8 Å². The van der Waals surface area contributed by atoms with Gasteiger partial charge in [-0.05, 0) is 61.4 Å². The van der Waals surface area contributed by atoms with Gasteiger partial charge < -0.3 is 24.0 Å². The van der Waals surface area contributed by atoms with E-state index in [-0.39, 0.29) is 17.7 Å². The van der Waals surface area contributed by atoms with Crippen molar-refractivity contribution in [3.8, 4) is 11.5 Å². The molecule has 1 atom stereocenters. The zero-order valence-corrected chi connectivity index (χ0v) is 18.5. The van der Waals surface area contributed by atoms with Gasteiger partial charge >= 0.3 is 0 Å². The van der Waals surface area contributed by atoms with Crippen LogP contribution >= 0.6 is 0 Å². The third-order valence-corrected chi connectivity index (χ3v) is 6.03. The smallest absolute Gasteiger partial charge is 0.254 e.